The van der Waals surface area contributed by atoms with Crippen LogP contribution in [0.3, 0.4) is 0 Å². The Hall–Kier alpha value is -2.64. The third kappa shape index (κ3) is 3.16. The van der Waals surface area contributed by atoms with E-state index in [2.05, 4.69) is 15.6 Å². The van der Waals surface area contributed by atoms with Gasteiger partial charge in [-0.2, -0.15) is 5.10 Å². The second kappa shape index (κ2) is 6.34. The van der Waals surface area contributed by atoms with Crippen molar-refractivity contribution in [1.29, 1.82) is 0 Å². The monoisotopic (exact) mass is 343 g/mol. The summed E-state index contributed by atoms with van der Waals surface area (Å²) in [5, 5.41) is 11.0. The van der Waals surface area contributed by atoms with Crippen molar-refractivity contribution in [2.45, 2.75) is 45.8 Å². The van der Waals surface area contributed by atoms with Gasteiger partial charge in [-0.15, -0.1) is 0 Å². The second-order valence-electron chi connectivity index (χ2n) is 6.75. The summed E-state index contributed by atoms with van der Waals surface area (Å²) >= 11 is 0. The Morgan fingerprint density at radius 2 is 2.16 bits per heavy atom. The zero-order chi connectivity index (χ0) is 17.4. The van der Waals surface area contributed by atoms with Crippen LogP contribution < -0.4 is 5.32 Å². The summed E-state index contributed by atoms with van der Waals surface area (Å²) < 4.78 is 6.86. The van der Waals surface area contributed by atoms with E-state index in [0.29, 0.717) is 31.9 Å². The maximum Gasteiger partial charge on any atom is 0.290 e. The lowest BCUT2D eigenvalue weighted by Gasteiger charge is -2.34. The molecule has 1 fully saturated rings. The molecule has 2 amide bonds. The minimum atomic E-state index is -0.312. The zero-order valence-corrected chi connectivity index (χ0v) is 14.2. The summed E-state index contributed by atoms with van der Waals surface area (Å²) in [7, 11) is 0. The molecule has 1 N–H and O–H groups in total. The van der Waals surface area contributed by atoms with Crippen LogP contribution in [0.2, 0.25) is 0 Å². The first kappa shape index (κ1) is 15.9. The van der Waals surface area contributed by atoms with Crippen molar-refractivity contribution in [2.75, 3.05) is 6.54 Å². The van der Waals surface area contributed by atoms with Gasteiger partial charge in [0, 0.05) is 18.5 Å². The van der Waals surface area contributed by atoms with Crippen molar-refractivity contribution in [1.82, 2.24) is 25.2 Å². The standard InChI is InChI=1S/C17H21N5O3/c1-11-7-15(25-20-11)16(23)18-9-13-8-14-10-21(5-6-22(14)19-13)17(24)12-3-2-4-12/h7-8,12H,2-6,9-10H2,1H3,(H,18,23). The molecule has 132 valence electrons. The fraction of sp³-hybridized carbons (Fsp3) is 0.529. The molecule has 0 radical (unpaired) electrons. The molecule has 3 heterocycles. The lowest BCUT2D eigenvalue weighted by atomic mass is 9.84. The van der Waals surface area contributed by atoms with E-state index in [1.807, 2.05) is 15.6 Å². The fourth-order valence-electron chi connectivity index (χ4n) is 3.24. The number of carbonyl (C=O) groups is 2. The molecule has 1 saturated carbocycles. The number of nitrogens with one attached hydrogen (secondary N) is 1. The summed E-state index contributed by atoms with van der Waals surface area (Å²) in [6.07, 6.45) is 3.21. The van der Waals surface area contributed by atoms with Crippen LogP contribution in [-0.2, 0) is 24.4 Å². The minimum absolute atomic E-state index is 0.193. The molecular formula is C17H21N5O3. The predicted octanol–water partition coefficient (Wildman–Crippen LogP) is 1.25. The number of aromatic nitrogens is 3. The molecule has 2 aromatic rings. The lowest BCUT2D eigenvalue weighted by molar-refractivity contribution is -0.139. The molecular weight excluding hydrogens is 322 g/mol. The highest BCUT2D eigenvalue weighted by Crippen LogP contribution is 2.29. The largest absolute Gasteiger partial charge is 0.351 e. The van der Waals surface area contributed by atoms with E-state index in [9.17, 15) is 9.59 Å². The highest BCUT2D eigenvalue weighted by atomic mass is 16.5. The maximum atomic E-state index is 12.4. The van der Waals surface area contributed by atoms with Crippen LogP contribution in [0.4, 0.5) is 0 Å². The van der Waals surface area contributed by atoms with E-state index in [1.165, 1.54) is 0 Å². The number of carbonyl (C=O) groups excluding carboxylic acids is 2. The molecule has 0 bridgehead atoms. The minimum Gasteiger partial charge on any atom is -0.351 e. The van der Waals surface area contributed by atoms with Crippen molar-refractivity contribution >= 4 is 11.8 Å². The fourth-order valence-corrected chi connectivity index (χ4v) is 3.24. The molecule has 2 aromatic heterocycles. The van der Waals surface area contributed by atoms with E-state index >= 15 is 0 Å². The Morgan fingerprint density at radius 1 is 1.32 bits per heavy atom. The van der Waals surface area contributed by atoms with Gasteiger partial charge in [0.1, 0.15) is 0 Å². The normalized spacial score (nSPS) is 17.1. The molecule has 8 nitrogen and oxygen atoms in total. The Bertz CT molecular complexity index is 805. The molecule has 4 rings (SSSR count). The highest BCUT2D eigenvalue weighted by Gasteiger charge is 2.31. The number of fused-ring (bicyclic) bond motifs is 1. The summed E-state index contributed by atoms with van der Waals surface area (Å²) in [5.41, 5.74) is 2.45. The van der Waals surface area contributed by atoms with E-state index in [1.54, 1.807) is 13.0 Å². The first-order valence-corrected chi connectivity index (χ1v) is 8.66. The molecule has 8 heteroatoms. The molecule has 2 aliphatic rings. The summed E-state index contributed by atoms with van der Waals surface area (Å²) in [5.74, 6) is 0.375. The molecule has 25 heavy (non-hydrogen) atoms. The first-order chi connectivity index (χ1) is 12.1. The van der Waals surface area contributed by atoms with Gasteiger partial charge in [-0.3, -0.25) is 14.3 Å². The van der Waals surface area contributed by atoms with Gasteiger partial charge >= 0.3 is 0 Å². The Balaban J connectivity index is 1.37. The van der Waals surface area contributed by atoms with Gasteiger partial charge in [0.05, 0.1) is 36.7 Å². The van der Waals surface area contributed by atoms with Crippen LogP contribution in [0.15, 0.2) is 16.7 Å². The summed E-state index contributed by atoms with van der Waals surface area (Å²) in [4.78, 5) is 26.3. The average molecular weight is 343 g/mol. The molecule has 0 spiro atoms. The van der Waals surface area contributed by atoms with Gasteiger partial charge in [0.2, 0.25) is 11.7 Å². The second-order valence-corrected chi connectivity index (χ2v) is 6.75. The molecule has 0 aromatic carbocycles. The third-order valence-corrected chi connectivity index (χ3v) is 4.90. The molecule has 0 unspecified atom stereocenters. The Labute approximate surface area is 145 Å². The zero-order valence-electron chi connectivity index (χ0n) is 14.2. The van der Waals surface area contributed by atoms with Crippen molar-refractivity contribution in [3.63, 3.8) is 0 Å². The van der Waals surface area contributed by atoms with Gasteiger partial charge < -0.3 is 14.7 Å². The quantitative estimate of drug-likeness (QED) is 0.902. The molecule has 0 saturated heterocycles. The number of rotatable bonds is 4. The van der Waals surface area contributed by atoms with Crippen molar-refractivity contribution < 1.29 is 14.1 Å². The Kier molecular flexibility index (Phi) is 4.03. The number of hydrogen-bond acceptors (Lipinski definition) is 5. The van der Waals surface area contributed by atoms with Crippen LogP contribution in [0.25, 0.3) is 0 Å². The van der Waals surface area contributed by atoms with Crippen LogP contribution in [0, 0.1) is 12.8 Å². The topological polar surface area (TPSA) is 93.3 Å². The van der Waals surface area contributed by atoms with Gasteiger partial charge in [0.25, 0.3) is 5.91 Å². The average Bonchev–Trinajstić information content (AvgIpc) is 3.15. The molecule has 1 aliphatic carbocycles. The van der Waals surface area contributed by atoms with Gasteiger partial charge in [0.15, 0.2) is 0 Å². The third-order valence-electron chi connectivity index (χ3n) is 4.90. The first-order valence-electron chi connectivity index (χ1n) is 8.66. The van der Waals surface area contributed by atoms with E-state index < -0.39 is 0 Å². The summed E-state index contributed by atoms with van der Waals surface area (Å²) in [6, 6.07) is 3.55. The predicted molar refractivity (Wildman–Crippen MR) is 87.4 cm³/mol. The SMILES string of the molecule is Cc1cc(C(=O)NCc2cc3n(n2)CCN(C(=O)C2CCC2)C3)on1. The van der Waals surface area contributed by atoms with Crippen molar-refractivity contribution in [2.24, 2.45) is 5.92 Å². The van der Waals surface area contributed by atoms with E-state index in [4.69, 9.17) is 4.52 Å². The van der Waals surface area contributed by atoms with Crippen LogP contribution in [0.5, 0.6) is 0 Å². The van der Waals surface area contributed by atoms with Crippen molar-refractivity contribution in [3.05, 3.63) is 35.0 Å². The highest BCUT2D eigenvalue weighted by molar-refractivity contribution is 5.91. The van der Waals surface area contributed by atoms with Gasteiger partial charge in [-0.05, 0) is 25.8 Å². The van der Waals surface area contributed by atoms with Crippen LogP contribution in [-0.4, -0.2) is 38.2 Å². The van der Waals surface area contributed by atoms with E-state index in [0.717, 1.165) is 30.7 Å². The smallest absolute Gasteiger partial charge is 0.290 e. The number of amides is 2. The van der Waals surface area contributed by atoms with Crippen molar-refractivity contribution in [3.8, 4) is 0 Å². The maximum absolute atomic E-state index is 12.4. The summed E-state index contributed by atoms with van der Waals surface area (Å²) in [6.45, 7) is 4.07. The molecule has 1 aliphatic heterocycles. The Morgan fingerprint density at radius 3 is 2.84 bits per heavy atom. The number of hydrogen-bond donors (Lipinski definition) is 1. The van der Waals surface area contributed by atoms with E-state index in [-0.39, 0.29) is 23.5 Å². The van der Waals surface area contributed by atoms with Crippen LogP contribution in [0.1, 0.15) is 46.9 Å². The number of nitrogens with zero attached hydrogens (tertiary/aromatic N) is 4. The van der Waals surface area contributed by atoms with Gasteiger partial charge in [-0.25, -0.2) is 0 Å². The number of aryl methyl sites for hydroxylation is 1. The lowest BCUT2D eigenvalue weighted by Crippen LogP contribution is -2.43. The molecule has 0 atom stereocenters. The van der Waals surface area contributed by atoms with Crippen LogP contribution >= 0.6 is 0 Å². The van der Waals surface area contributed by atoms with Gasteiger partial charge in [-0.1, -0.05) is 11.6 Å².